The Hall–Kier alpha value is -1.72. The van der Waals surface area contributed by atoms with Gasteiger partial charge in [-0.3, -0.25) is 0 Å². The van der Waals surface area contributed by atoms with E-state index in [0.29, 0.717) is 24.7 Å². The zero-order valence-electron chi connectivity index (χ0n) is 11.4. The summed E-state index contributed by atoms with van der Waals surface area (Å²) in [5, 5.41) is 16.7. The maximum atomic E-state index is 9.39. The molecule has 0 amide bonds. The Morgan fingerprint density at radius 2 is 2.05 bits per heavy atom. The molecule has 106 valence electrons. The molecule has 0 unspecified atom stereocenters. The predicted octanol–water partition coefficient (Wildman–Crippen LogP) is 1.66. The summed E-state index contributed by atoms with van der Waals surface area (Å²) in [6, 6.07) is 10.1. The van der Waals surface area contributed by atoms with Crippen LogP contribution < -0.4 is 5.32 Å². The van der Waals surface area contributed by atoms with Crippen LogP contribution in [-0.2, 0) is 13.0 Å². The summed E-state index contributed by atoms with van der Waals surface area (Å²) in [4.78, 5) is 4.38. The molecule has 1 aliphatic rings. The molecule has 5 nitrogen and oxygen atoms in total. The molecule has 1 heterocycles. The highest BCUT2D eigenvalue weighted by Gasteiger charge is 2.35. The number of nitrogens with one attached hydrogen (secondary N) is 1. The van der Waals surface area contributed by atoms with Crippen molar-refractivity contribution in [1.82, 2.24) is 15.5 Å². The van der Waals surface area contributed by atoms with Gasteiger partial charge in [0.15, 0.2) is 5.82 Å². The van der Waals surface area contributed by atoms with Crippen LogP contribution in [0.3, 0.4) is 0 Å². The summed E-state index contributed by atoms with van der Waals surface area (Å²) in [5.74, 6) is 1.27. The molecule has 1 aromatic heterocycles. The minimum Gasteiger partial charge on any atom is -0.394 e. The second-order valence-electron chi connectivity index (χ2n) is 5.41. The summed E-state index contributed by atoms with van der Waals surface area (Å²) in [6.45, 7) is 0.681. The van der Waals surface area contributed by atoms with Gasteiger partial charge in [-0.1, -0.05) is 35.5 Å². The highest BCUT2D eigenvalue weighted by molar-refractivity contribution is 5.18. The SMILES string of the molecule is OCC1(NCc2nc(Cc3ccccc3)no2)CCC1. The first kappa shape index (κ1) is 13.3. The van der Waals surface area contributed by atoms with Crippen LogP contribution in [-0.4, -0.2) is 27.4 Å². The molecule has 0 radical (unpaired) electrons. The van der Waals surface area contributed by atoms with Gasteiger partial charge < -0.3 is 14.9 Å². The van der Waals surface area contributed by atoms with Crippen LogP contribution in [0, 0.1) is 0 Å². The van der Waals surface area contributed by atoms with Crippen molar-refractivity contribution in [2.45, 2.75) is 37.8 Å². The fourth-order valence-corrected chi connectivity index (χ4v) is 2.47. The minimum absolute atomic E-state index is 0.131. The van der Waals surface area contributed by atoms with Crippen molar-refractivity contribution in [3.63, 3.8) is 0 Å². The Labute approximate surface area is 118 Å². The van der Waals surface area contributed by atoms with E-state index in [1.54, 1.807) is 0 Å². The summed E-state index contributed by atoms with van der Waals surface area (Å²) in [7, 11) is 0. The van der Waals surface area contributed by atoms with E-state index in [2.05, 4.69) is 15.5 Å². The Morgan fingerprint density at radius 1 is 1.25 bits per heavy atom. The zero-order valence-corrected chi connectivity index (χ0v) is 11.4. The van der Waals surface area contributed by atoms with Gasteiger partial charge in [-0.2, -0.15) is 4.98 Å². The number of nitrogens with zero attached hydrogens (tertiary/aromatic N) is 2. The number of benzene rings is 1. The number of aromatic nitrogens is 2. The molecular formula is C15H19N3O2. The van der Waals surface area contributed by atoms with Crippen LogP contribution >= 0.6 is 0 Å². The molecule has 3 rings (SSSR count). The van der Waals surface area contributed by atoms with Crippen LogP contribution in [0.25, 0.3) is 0 Å². The largest absolute Gasteiger partial charge is 0.394 e. The smallest absolute Gasteiger partial charge is 0.240 e. The molecule has 2 N–H and O–H groups in total. The van der Waals surface area contributed by atoms with Crippen molar-refractivity contribution in [3.8, 4) is 0 Å². The number of aliphatic hydroxyl groups excluding tert-OH is 1. The Balaban J connectivity index is 1.57. The zero-order chi connectivity index (χ0) is 13.8. The molecule has 1 saturated carbocycles. The fourth-order valence-electron chi connectivity index (χ4n) is 2.47. The number of hydrogen-bond donors (Lipinski definition) is 2. The van der Waals surface area contributed by atoms with Crippen LogP contribution in [0.5, 0.6) is 0 Å². The van der Waals surface area contributed by atoms with Gasteiger partial charge in [-0.25, -0.2) is 0 Å². The average molecular weight is 273 g/mol. The van der Waals surface area contributed by atoms with Crippen molar-refractivity contribution in [2.75, 3.05) is 6.61 Å². The van der Waals surface area contributed by atoms with Gasteiger partial charge >= 0.3 is 0 Å². The second-order valence-corrected chi connectivity index (χ2v) is 5.41. The standard InChI is InChI=1S/C15H19N3O2/c19-11-15(7-4-8-15)16-10-14-17-13(18-20-14)9-12-5-2-1-3-6-12/h1-3,5-6,16,19H,4,7-11H2. The third kappa shape index (κ3) is 2.89. The lowest BCUT2D eigenvalue weighted by molar-refractivity contribution is 0.0841. The quantitative estimate of drug-likeness (QED) is 0.837. The van der Waals surface area contributed by atoms with Crippen molar-refractivity contribution in [3.05, 3.63) is 47.6 Å². The van der Waals surface area contributed by atoms with E-state index in [1.165, 1.54) is 5.56 Å². The molecule has 20 heavy (non-hydrogen) atoms. The van der Waals surface area contributed by atoms with Crippen molar-refractivity contribution in [2.24, 2.45) is 0 Å². The van der Waals surface area contributed by atoms with E-state index in [9.17, 15) is 5.11 Å². The molecule has 1 fully saturated rings. The van der Waals surface area contributed by atoms with Crippen LogP contribution in [0.15, 0.2) is 34.9 Å². The Morgan fingerprint density at radius 3 is 2.70 bits per heavy atom. The van der Waals surface area contributed by atoms with Crippen LogP contribution in [0.2, 0.25) is 0 Å². The van der Waals surface area contributed by atoms with Crippen molar-refractivity contribution < 1.29 is 9.63 Å². The Kier molecular flexibility index (Phi) is 3.80. The van der Waals surface area contributed by atoms with Gasteiger partial charge in [0.1, 0.15) is 0 Å². The monoisotopic (exact) mass is 273 g/mol. The van der Waals surface area contributed by atoms with Gasteiger partial charge in [0.05, 0.1) is 13.2 Å². The van der Waals surface area contributed by atoms with Gasteiger partial charge in [0.25, 0.3) is 0 Å². The van der Waals surface area contributed by atoms with E-state index in [0.717, 1.165) is 19.3 Å². The molecule has 0 saturated heterocycles. The summed E-state index contributed by atoms with van der Waals surface area (Å²) < 4.78 is 5.24. The Bertz CT molecular complexity index is 544. The van der Waals surface area contributed by atoms with Gasteiger partial charge in [-0.15, -0.1) is 0 Å². The van der Waals surface area contributed by atoms with E-state index >= 15 is 0 Å². The number of rotatable bonds is 6. The first-order valence-electron chi connectivity index (χ1n) is 7.01. The summed E-state index contributed by atoms with van der Waals surface area (Å²) in [6.07, 6.45) is 3.86. The first-order valence-corrected chi connectivity index (χ1v) is 7.01. The maximum Gasteiger partial charge on any atom is 0.240 e. The van der Waals surface area contributed by atoms with E-state index < -0.39 is 0 Å². The van der Waals surface area contributed by atoms with Crippen LogP contribution in [0.1, 0.15) is 36.5 Å². The fraction of sp³-hybridized carbons (Fsp3) is 0.467. The van der Waals surface area contributed by atoms with E-state index in [4.69, 9.17) is 4.52 Å². The van der Waals surface area contributed by atoms with E-state index in [1.807, 2.05) is 30.3 Å². The topological polar surface area (TPSA) is 71.2 Å². The normalized spacial score (nSPS) is 16.9. The molecule has 5 heteroatoms. The molecule has 0 spiro atoms. The first-order chi connectivity index (χ1) is 9.80. The molecular weight excluding hydrogens is 254 g/mol. The molecule has 0 bridgehead atoms. The average Bonchev–Trinajstić information content (AvgIpc) is 2.87. The molecule has 1 aliphatic carbocycles. The third-order valence-corrected chi connectivity index (χ3v) is 3.94. The third-order valence-electron chi connectivity index (χ3n) is 3.94. The summed E-state index contributed by atoms with van der Waals surface area (Å²) in [5.41, 5.74) is 1.03. The van der Waals surface area contributed by atoms with Gasteiger partial charge in [0.2, 0.25) is 5.89 Å². The number of aliphatic hydroxyl groups is 1. The minimum atomic E-state index is -0.131. The van der Waals surface area contributed by atoms with Crippen molar-refractivity contribution in [1.29, 1.82) is 0 Å². The predicted molar refractivity (Wildman–Crippen MR) is 74.1 cm³/mol. The maximum absolute atomic E-state index is 9.39. The van der Waals surface area contributed by atoms with E-state index in [-0.39, 0.29) is 12.1 Å². The van der Waals surface area contributed by atoms with Crippen LogP contribution in [0.4, 0.5) is 0 Å². The van der Waals surface area contributed by atoms with Gasteiger partial charge in [0, 0.05) is 12.0 Å². The van der Waals surface area contributed by atoms with Gasteiger partial charge in [-0.05, 0) is 24.8 Å². The molecule has 1 aromatic carbocycles. The lowest BCUT2D eigenvalue weighted by Crippen LogP contribution is -2.53. The second kappa shape index (κ2) is 5.73. The highest BCUT2D eigenvalue weighted by atomic mass is 16.5. The molecule has 0 aliphatic heterocycles. The highest BCUT2D eigenvalue weighted by Crippen LogP contribution is 2.31. The molecule has 0 atom stereocenters. The number of hydrogen-bond acceptors (Lipinski definition) is 5. The van der Waals surface area contributed by atoms with Crippen molar-refractivity contribution >= 4 is 0 Å². The lowest BCUT2D eigenvalue weighted by atomic mass is 9.77. The summed E-state index contributed by atoms with van der Waals surface area (Å²) >= 11 is 0. The molecule has 2 aromatic rings. The lowest BCUT2D eigenvalue weighted by Gasteiger charge is -2.40.